The molecule has 90 valence electrons. The molecule has 1 aliphatic heterocycles. The van der Waals surface area contributed by atoms with Gasteiger partial charge in [-0.15, -0.1) is 0 Å². The monoisotopic (exact) mass is 220 g/mol. The molecule has 2 aliphatic carbocycles. The van der Waals surface area contributed by atoms with Gasteiger partial charge in [-0.1, -0.05) is 13.8 Å². The molecule has 3 aliphatic rings. The summed E-state index contributed by atoms with van der Waals surface area (Å²) >= 11 is 0. The summed E-state index contributed by atoms with van der Waals surface area (Å²) in [4.78, 5) is 0. The third kappa shape index (κ3) is 0.983. The second kappa shape index (κ2) is 3.05. The van der Waals surface area contributed by atoms with Gasteiger partial charge in [0.25, 0.3) is 0 Å². The van der Waals surface area contributed by atoms with Crippen molar-refractivity contribution in [2.75, 3.05) is 0 Å². The Morgan fingerprint density at radius 3 is 2.62 bits per heavy atom. The van der Waals surface area contributed by atoms with Gasteiger partial charge >= 0.3 is 0 Å². The fraction of sp³-hybridized carbons (Fsp3) is 0.867. The molecule has 0 spiro atoms. The van der Waals surface area contributed by atoms with Crippen molar-refractivity contribution in [3.8, 4) is 0 Å². The van der Waals surface area contributed by atoms with Crippen LogP contribution in [0.3, 0.4) is 0 Å². The first-order chi connectivity index (χ1) is 7.51. The van der Waals surface area contributed by atoms with Crippen LogP contribution in [0.4, 0.5) is 0 Å². The first-order valence-corrected chi connectivity index (χ1v) is 6.88. The standard InChI is InChI=1S/C15H24O/c1-10(2)13-12-7-9-15(16-13)8-5-6-11(3)14(12,15)4/h11-12H,5-9H2,1-4H3/t11?,12-,14?,15?/m1/s1. The molecule has 0 aromatic rings. The van der Waals surface area contributed by atoms with Gasteiger partial charge in [0, 0.05) is 11.3 Å². The molecule has 1 nitrogen and oxygen atoms in total. The fourth-order valence-corrected chi connectivity index (χ4v) is 4.79. The van der Waals surface area contributed by atoms with Gasteiger partial charge in [-0.05, 0) is 57.4 Å². The Labute approximate surface area is 99.3 Å². The first kappa shape index (κ1) is 10.7. The topological polar surface area (TPSA) is 9.23 Å². The molecule has 1 heteroatoms. The smallest absolute Gasteiger partial charge is 0.115 e. The summed E-state index contributed by atoms with van der Waals surface area (Å²) in [6, 6.07) is 0. The average Bonchev–Trinajstić information content (AvgIpc) is 2.67. The van der Waals surface area contributed by atoms with E-state index in [1.807, 2.05) is 0 Å². The molecule has 0 radical (unpaired) electrons. The lowest BCUT2D eigenvalue weighted by atomic mass is 9.59. The summed E-state index contributed by atoms with van der Waals surface area (Å²) in [5.74, 6) is 2.89. The Balaban J connectivity index is 2.11. The summed E-state index contributed by atoms with van der Waals surface area (Å²) in [6.45, 7) is 9.38. The minimum absolute atomic E-state index is 0.210. The molecular weight excluding hydrogens is 196 g/mol. The van der Waals surface area contributed by atoms with Crippen molar-refractivity contribution in [3.05, 3.63) is 11.3 Å². The molecule has 2 bridgehead atoms. The Hall–Kier alpha value is -0.460. The SMILES string of the molecule is CC(C)=C1OC23CCCC(C)C2(C)[C@@H]1CC3. The van der Waals surface area contributed by atoms with Crippen LogP contribution in [0.15, 0.2) is 11.3 Å². The Morgan fingerprint density at radius 2 is 2.00 bits per heavy atom. The van der Waals surface area contributed by atoms with Crippen molar-refractivity contribution in [2.45, 2.75) is 65.4 Å². The number of allylic oxidation sites excluding steroid dienone is 2. The number of ether oxygens (including phenoxy) is 1. The minimum Gasteiger partial charge on any atom is -0.491 e. The maximum atomic E-state index is 6.47. The number of rotatable bonds is 0. The van der Waals surface area contributed by atoms with E-state index in [2.05, 4.69) is 27.7 Å². The van der Waals surface area contributed by atoms with Crippen LogP contribution in [0, 0.1) is 17.3 Å². The minimum atomic E-state index is 0.210. The highest BCUT2D eigenvalue weighted by Gasteiger charge is 2.68. The Bertz CT molecular complexity index is 352. The highest BCUT2D eigenvalue weighted by Crippen LogP contribution is 2.69. The van der Waals surface area contributed by atoms with E-state index in [0.717, 1.165) is 5.92 Å². The Morgan fingerprint density at radius 1 is 1.25 bits per heavy atom. The number of hydrogen-bond acceptors (Lipinski definition) is 1. The van der Waals surface area contributed by atoms with Crippen LogP contribution in [0.5, 0.6) is 0 Å². The van der Waals surface area contributed by atoms with E-state index in [4.69, 9.17) is 4.74 Å². The van der Waals surface area contributed by atoms with Crippen molar-refractivity contribution in [1.29, 1.82) is 0 Å². The van der Waals surface area contributed by atoms with Gasteiger partial charge in [0.05, 0.1) is 5.76 Å². The van der Waals surface area contributed by atoms with Crippen LogP contribution < -0.4 is 0 Å². The summed E-state index contributed by atoms with van der Waals surface area (Å²) in [6.07, 6.45) is 6.71. The van der Waals surface area contributed by atoms with Crippen molar-refractivity contribution in [2.24, 2.45) is 17.3 Å². The van der Waals surface area contributed by atoms with E-state index in [1.54, 1.807) is 0 Å². The molecule has 0 N–H and O–H groups in total. The average molecular weight is 220 g/mol. The quantitative estimate of drug-likeness (QED) is 0.592. The second-order valence-corrected chi connectivity index (χ2v) is 6.63. The zero-order valence-corrected chi connectivity index (χ0v) is 11.1. The summed E-state index contributed by atoms with van der Waals surface area (Å²) in [5.41, 5.74) is 2.05. The van der Waals surface area contributed by atoms with Gasteiger partial charge in [0.2, 0.25) is 0 Å². The summed E-state index contributed by atoms with van der Waals surface area (Å²) < 4.78 is 6.47. The van der Waals surface area contributed by atoms with E-state index in [-0.39, 0.29) is 5.60 Å². The van der Waals surface area contributed by atoms with E-state index < -0.39 is 0 Å². The summed E-state index contributed by atoms with van der Waals surface area (Å²) in [7, 11) is 0. The van der Waals surface area contributed by atoms with Crippen LogP contribution in [-0.4, -0.2) is 5.60 Å². The van der Waals surface area contributed by atoms with Crippen LogP contribution >= 0.6 is 0 Å². The van der Waals surface area contributed by atoms with E-state index >= 15 is 0 Å². The van der Waals surface area contributed by atoms with E-state index in [0.29, 0.717) is 11.3 Å². The van der Waals surface area contributed by atoms with Gasteiger partial charge in [-0.3, -0.25) is 0 Å². The molecule has 4 atom stereocenters. The lowest BCUT2D eigenvalue weighted by Gasteiger charge is -2.47. The maximum absolute atomic E-state index is 6.47. The summed E-state index contributed by atoms with van der Waals surface area (Å²) in [5, 5.41) is 0. The molecule has 1 saturated heterocycles. The van der Waals surface area contributed by atoms with Crippen LogP contribution in [-0.2, 0) is 4.74 Å². The molecule has 3 rings (SSSR count). The normalized spacial score (nSPS) is 50.1. The third-order valence-electron chi connectivity index (χ3n) is 5.90. The van der Waals surface area contributed by atoms with Crippen molar-refractivity contribution < 1.29 is 4.74 Å². The highest BCUT2D eigenvalue weighted by atomic mass is 16.5. The van der Waals surface area contributed by atoms with Gasteiger partial charge < -0.3 is 4.74 Å². The van der Waals surface area contributed by atoms with Gasteiger partial charge in [0.1, 0.15) is 5.60 Å². The zero-order chi connectivity index (χ0) is 11.6. The molecule has 2 saturated carbocycles. The second-order valence-electron chi connectivity index (χ2n) is 6.63. The van der Waals surface area contributed by atoms with Crippen LogP contribution in [0.2, 0.25) is 0 Å². The van der Waals surface area contributed by atoms with Crippen molar-refractivity contribution in [3.63, 3.8) is 0 Å². The predicted molar refractivity (Wildman–Crippen MR) is 66.0 cm³/mol. The molecule has 3 unspecified atom stereocenters. The Kier molecular flexibility index (Phi) is 2.04. The van der Waals surface area contributed by atoms with Gasteiger partial charge in [-0.2, -0.15) is 0 Å². The van der Waals surface area contributed by atoms with Crippen LogP contribution in [0.1, 0.15) is 59.8 Å². The molecule has 0 aromatic heterocycles. The maximum Gasteiger partial charge on any atom is 0.115 e. The van der Waals surface area contributed by atoms with E-state index in [1.165, 1.54) is 43.4 Å². The highest BCUT2D eigenvalue weighted by molar-refractivity contribution is 5.28. The largest absolute Gasteiger partial charge is 0.491 e. The lowest BCUT2D eigenvalue weighted by Crippen LogP contribution is -2.48. The molecule has 3 fully saturated rings. The fourth-order valence-electron chi connectivity index (χ4n) is 4.79. The molecular formula is C15H24O. The molecule has 1 heterocycles. The molecule has 16 heavy (non-hydrogen) atoms. The predicted octanol–water partition coefficient (Wildman–Crippen LogP) is 4.29. The first-order valence-electron chi connectivity index (χ1n) is 6.88. The lowest BCUT2D eigenvalue weighted by molar-refractivity contribution is -0.0839. The van der Waals surface area contributed by atoms with Gasteiger partial charge in [-0.25, -0.2) is 0 Å². The van der Waals surface area contributed by atoms with Gasteiger partial charge in [0.15, 0.2) is 0 Å². The zero-order valence-electron chi connectivity index (χ0n) is 11.1. The van der Waals surface area contributed by atoms with Crippen molar-refractivity contribution >= 4 is 0 Å². The third-order valence-corrected chi connectivity index (χ3v) is 5.90. The molecule has 0 amide bonds. The number of hydrogen-bond donors (Lipinski definition) is 0. The van der Waals surface area contributed by atoms with Crippen molar-refractivity contribution in [1.82, 2.24) is 0 Å². The van der Waals surface area contributed by atoms with Crippen LogP contribution in [0.25, 0.3) is 0 Å². The van der Waals surface area contributed by atoms with E-state index in [9.17, 15) is 0 Å². The molecule has 0 aromatic carbocycles.